The lowest BCUT2D eigenvalue weighted by atomic mass is 10.3. The van der Waals surface area contributed by atoms with Crippen LogP contribution in [0.15, 0.2) is 12.1 Å². The van der Waals surface area contributed by atoms with Crippen molar-refractivity contribution in [1.29, 1.82) is 0 Å². The lowest BCUT2D eigenvalue weighted by molar-refractivity contribution is 0.0644. The molecule has 0 radical (unpaired) electrons. The molecule has 0 amide bonds. The van der Waals surface area contributed by atoms with Crippen LogP contribution in [0.1, 0.15) is 20.3 Å². The summed E-state index contributed by atoms with van der Waals surface area (Å²) in [4.78, 5) is 11.3. The fourth-order valence-electron chi connectivity index (χ4n) is 0.984. The van der Waals surface area contributed by atoms with Crippen molar-refractivity contribution in [2.24, 2.45) is 0 Å². The smallest absolute Gasteiger partial charge is 0.431 e. The van der Waals surface area contributed by atoms with Crippen molar-refractivity contribution in [3.8, 4) is 5.75 Å². The van der Waals surface area contributed by atoms with Gasteiger partial charge in [-0.15, -0.1) is 0 Å². The summed E-state index contributed by atoms with van der Waals surface area (Å²) in [7, 11) is 0. The van der Waals surface area contributed by atoms with Gasteiger partial charge in [-0.3, -0.25) is 0 Å². The van der Waals surface area contributed by atoms with E-state index in [0.717, 1.165) is 12.1 Å². The zero-order chi connectivity index (χ0) is 13.0. The number of nitrogen functional groups attached to an aromatic ring is 1. The minimum absolute atomic E-state index is 0.0288. The average molecular weight is 262 g/mol. The molecule has 0 aliphatic carbocycles. The Morgan fingerprint density at radius 2 is 2.24 bits per heavy atom. The van der Waals surface area contributed by atoms with Gasteiger partial charge in [0.15, 0.2) is 5.75 Å². The van der Waals surface area contributed by atoms with Gasteiger partial charge in [-0.2, -0.15) is 0 Å². The molecule has 0 aliphatic heterocycles. The molecule has 94 valence electrons. The van der Waals surface area contributed by atoms with Gasteiger partial charge in [-0.1, -0.05) is 18.5 Å². The molecule has 0 aromatic heterocycles. The average Bonchev–Trinajstić information content (AvgIpc) is 2.25. The van der Waals surface area contributed by atoms with E-state index in [0.29, 0.717) is 6.42 Å². The summed E-state index contributed by atoms with van der Waals surface area (Å²) in [5.74, 6) is -0.698. The topological polar surface area (TPSA) is 61.5 Å². The predicted molar refractivity (Wildman–Crippen MR) is 62.7 cm³/mol. The van der Waals surface area contributed by atoms with E-state index in [-0.39, 0.29) is 22.6 Å². The largest absolute Gasteiger partial charge is 0.514 e. The highest BCUT2D eigenvalue weighted by Gasteiger charge is 2.14. The molecule has 2 N–H and O–H groups in total. The van der Waals surface area contributed by atoms with Gasteiger partial charge < -0.3 is 15.2 Å². The van der Waals surface area contributed by atoms with E-state index >= 15 is 0 Å². The minimum Gasteiger partial charge on any atom is -0.431 e. The van der Waals surface area contributed by atoms with Gasteiger partial charge in [0.05, 0.1) is 10.7 Å². The van der Waals surface area contributed by atoms with Crippen LogP contribution in [0.5, 0.6) is 5.75 Å². The maximum atomic E-state index is 13.0. The zero-order valence-corrected chi connectivity index (χ0v) is 10.3. The fraction of sp³-hybridized carbons (Fsp3) is 0.364. The normalized spacial score (nSPS) is 12.0. The molecule has 0 heterocycles. The van der Waals surface area contributed by atoms with Crippen LogP contribution in [0.2, 0.25) is 5.02 Å². The number of nitrogens with two attached hydrogens (primary N) is 1. The number of carbonyl (C=O) groups is 1. The molecule has 0 spiro atoms. The lowest BCUT2D eigenvalue weighted by Gasteiger charge is -2.11. The Morgan fingerprint density at radius 1 is 1.59 bits per heavy atom. The number of halogens is 2. The van der Waals surface area contributed by atoms with Crippen molar-refractivity contribution in [2.75, 3.05) is 5.73 Å². The second-order valence-corrected chi connectivity index (χ2v) is 3.90. The van der Waals surface area contributed by atoms with Crippen LogP contribution in [0.25, 0.3) is 0 Å². The molecule has 1 unspecified atom stereocenters. The molecule has 0 saturated carbocycles. The molecule has 17 heavy (non-hydrogen) atoms. The Labute approximate surface area is 103 Å². The van der Waals surface area contributed by atoms with Crippen LogP contribution in [-0.4, -0.2) is 12.3 Å². The summed E-state index contributed by atoms with van der Waals surface area (Å²) in [6, 6.07) is 2.11. The van der Waals surface area contributed by atoms with Crippen molar-refractivity contribution >= 4 is 23.4 Å². The molecule has 1 aromatic rings. The third-order valence-corrected chi connectivity index (χ3v) is 2.41. The number of carbonyl (C=O) groups excluding carboxylic acids is 1. The van der Waals surface area contributed by atoms with Crippen LogP contribution in [0.4, 0.5) is 14.9 Å². The van der Waals surface area contributed by atoms with Crippen LogP contribution in [0.3, 0.4) is 0 Å². The quantitative estimate of drug-likeness (QED) is 0.515. The van der Waals surface area contributed by atoms with Gasteiger partial charge in [0.25, 0.3) is 0 Å². The summed E-state index contributed by atoms with van der Waals surface area (Å²) in [6.45, 7) is 3.59. The highest BCUT2D eigenvalue weighted by atomic mass is 35.5. The third-order valence-electron chi connectivity index (χ3n) is 2.12. The SMILES string of the molecule is CCC(C)OC(=O)Oc1cc(N)c(F)cc1Cl. The molecule has 0 bridgehead atoms. The van der Waals surface area contributed by atoms with E-state index in [1.54, 1.807) is 6.92 Å². The van der Waals surface area contributed by atoms with E-state index in [2.05, 4.69) is 0 Å². The first-order chi connectivity index (χ1) is 7.93. The van der Waals surface area contributed by atoms with Crippen LogP contribution in [-0.2, 0) is 4.74 Å². The second kappa shape index (κ2) is 5.72. The molecule has 1 atom stereocenters. The minimum atomic E-state index is -0.896. The molecule has 0 aliphatic rings. The Kier molecular flexibility index (Phi) is 4.57. The van der Waals surface area contributed by atoms with Crippen LogP contribution < -0.4 is 10.5 Å². The van der Waals surface area contributed by atoms with Gasteiger partial charge in [-0.05, 0) is 19.4 Å². The first-order valence-corrected chi connectivity index (χ1v) is 5.44. The molecule has 1 rings (SSSR count). The molecule has 6 heteroatoms. The summed E-state index contributed by atoms with van der Waals surface area (Å²) in [6.07, 6.45) is -0.500. The number of benzene rings is 1. The monoisotopic (exact) mass is 261 g/mol. The number of ether oxygens (including phenoxy) is 2. The Balaban J connectivity index is 2.75. The second-order valence-electron chi connectivity index (χ2n) is 3.49. The van der Waals surface area contributed by atoms with Gasteiger partial charge in [0.1, 0.15) is 11.9 Å². The van der Waals surface area contributed by atoms with E-state index in [1.807, 2.05) is 6.92 Å². The van der Waals surface area contributed by atoms with Gasteiger partial charge in [0.2, 0.25) is 0 Å². The molecule has 0 fully saturated rings. The van der Waals surface area contributed by atoms with E-state index < -0.39 is 12.0 Å². The van der Waals surface area contributed by atoms with Crippen molar-refractivity contribution in [2.45, 2.75) is 26.4 Å². The maximum Gasteiger partial charge on any atom is 0.514 e. The first-order valence-electron chi connectivity index (χ1n) is 5.07. The Bertz CT molecular complexity index is 425. The number of hydrogen-bond acceptors (Lipinski definition) is 4. The standard InChI is InChI=1S/C11H13ClFNO3/c1-3-6(2)16-11(15)17-10-5-9(14)8(13)4-7(10)12/h4-6H,3,14H2,1-2H3. The summed E-state index contributed by atoms with van der Waals surface area (Å²) >= 11 is 5.69. The Morgan fingerprint density at radius 3 is 2.82 bits per heavy atom. The summed E-state index contributed by atoms with van der Waals surface area (Å²) in [5.41, 5.74) is 5.17. The highest BCUT2D eigenvalue weighted by molar-refractivity contribution is 6.32. The Hall–Kier alpha value is -1.49. The molecular weight excluding hydrogens is 249 g/mol. The zero-order valence-electron chi connectivity index (χ0n) is 9.50. The van der Waals surface area contributed by atoms with Crippen molar-refractivity contribution in [3.63, 3.8) is 0 Å². The highest BCUT2D eigenvalue weighted by Crippen LogP contribution is 2.29. The van der Waals surface area contributed by atoms with Crippen LogP contribution in [0, 0.1) is 5.82 Å². The van der Waals surface area contributed by atoms with Crippen molar-refractivity contribution < 1.29 is 18.7 Å². The third kappa shape index (κ3) is 3.78. The van der Waals surface area contributed by atoms with Crippen molar-refractivity contribution in [1.82, 2.24) is 0 Å². The van der Waals surface area contributed by atoms with Gasteiger partial charge in [0, 0.05) is 6.07 Å². The number of anilines is 1. The molecular formula is C11H13ClFNO3. The van der Waals surface area contributed by atoms with Gasteiger partial charge in [-0.25, -0.2) is 9.18 Å². The lowest BCUT2D eigenvalue weighted by Crippen LogP contribution is -2.17. The molecule has 4 nitrogen and oxygen atoms in total. The van der Waals surface area contributed by atoms with Crippen LogP contribution >= 0.6 is 11.6 Å². The predicted octanol–water partition coefficient (Wildman–Crippen LogP) is 3.38. The summed E-state index contributed by atoms with van der Waals surface area (Å²) in [5, 5.41) is -0.0437. The van der Waals surface area contributed by atoms with E-state index in [4.69, 9.17) is 26.8 Å². The van der Waals surface area contributed by atoms with Crippen molar-refractivity contribution in [3.05, 3.63) is 23.0 Å². The van der Waals surface area contributed by atoms with Gasteiger partial charge >= 0.3 is 6.16 Å². The van der Waals surface area contributed by atoms with E-state index in [9.17, 15) is 9.18 Å². The first kappa shape index (κ1) is 13.6. The fourth-order valence-corrected chi connectivity index (χ4v) is 1.17. The molecule has 0 saturated heterocycles. The molecule has 1 aromatic carbocycles. The maximum absolute atomic E-state index is 13.0. The summed E-state index contributed by atoms with van der Waals surface area (Å²) < 4.78 is 22.7. The number of hydrogen-bond donors (Lipinski definition) is 1. The van der Waals surface area contributed by atoms with E-state index in [1.165, 1.54) is 0 Å². The number of rotatable bonds is 3.